The highest BCUT2D eigenvalue weighted by atomic mass is 32.2. The van der Waals surface area contributed by atoms with Gasteiger partial charge in [0.05, 0.1) is 13.2 Å². The van der Waals surface area contributed by atoms with Gasteiger partial charge in [0.15, 0.2) is 11.5 Å². The number of ether oxygens (including phenoxy) is 2. The first-order valence-corrected chi connectivity index (χ1v) is 8.27. The fourth-order valence-electron chi connectivity index (χ4n) is 2.72. The number of fused-ring (bicyclic) bond motifs is 1. The zero-order valence-corrected chi connectivity index (χ0v) is 13.9. The second-order valence-electron chi connectivity index (χ2n) is 5.42. The molecule has 1 aliphatic rings. The van der Waals surface area contributed by atoms with E-state index in [-0.39, 0.29) is 17.7 Å². The van der Waals surface area contributed by atoms with Crippen molar-refractivity contribution in [2.24, 2.45) is 0 Å². The fraction of sp³-hybridized carbons (Fsp3) is 0.250. The predicted molar refractivity (Wildman–Crippen MR) is 85.0 cm³/mol. The third-order valence-electron chi connectivity index (χ3n) is 3.88. The van der Waals surface area contributed by atoms with Gasteiger partial charge in [0, 0.05) is 12.5 Å². The molecule has 0 aliphatic carbocycles. The molecule has 3 N–H and O–H groups in total. The number of hydrogen-bond acceptors (Lipinski definition) is 7. The molecule has 0 fully saturated rings. The average molecular weight is 367 g/mol. The Morgan fingerprint density at radius 3 is 2.80 bits per heavy atom. The molecule has 1 heterocycles. The van der Waals surface area contributed by atoms with E-state index in [4.69, 9.17) is 14.0 Å². The number of aliphatic hydroxyl groups is 1. The molecule has 0 radical (unpaired) electrons. The minimum atomic E-state index is -2.71. The van der Waals surface area contributed by atoms with Gasteiger partial charge in [-0.15, -0.1) is 0 Å². The molecule has 0 saturated carbocycles. The molecule has 0 saturated heterocycles. The summed E-state index contributed by atoms with van der Waals surface area (Å²) in [6.45, 7) is 0. The maximum Gasteiger partial charge on any atom is 0.357 e. The standard InChI is InChI=1S/C16H16O8S/c1-22-9-4-2-3-8(5-9)16-11(17)6-10-12(23-16)7-13(24-25(20)21)15(19)14(10)18/h2-5,7,11,16-19H,6H2,1H3,(H,20,21)/p-1. The van der Waals surface area contributed by atoms with E-state index in [0.717, 1.165) is 6.07 Å². The maximum absolute atomic E-state index is 12.2. The largest absolute Gasteiger partial charge is 0.870 e. The van der Waals surface area contributed by atoms with Gasteiger partial charge in [-0.25, -0.2) is 0 Å². The molecule has 0 amide bonds. The van der Waals surface area contributed by atoms with Crippen LogP contribution in [0.3, 0.4) is 0 Å². The van der Waals surface area contributed by atoms with Crippen molar-refractivity contribution >= 4 is 11.4 Å². The van der Waals surface area contributed by atoms with Crippen LogP contribution in [-0.2, 0) is 17.8 Å². The molecule has 9 heteroatoms. The van der Waals surface area contributed by atoms with Crippen LogP contribution in [0, 0.1) is 0 Å². The van der Waals surface area contributed by atoms with E-state index in [1.807, 2.05) is 0 Å². The number of phenolic OH excluding ortho intramolecular Hbond substituents is 1. The molecular formula is C16H15O8S-. The monoisotopic (exact) mass is 367 g/mol. The van der Waals surface area contributed by atoms with Crippen LogP contribution in [0.4, 0.5) is 0 Å². The van der Waals surface area contributed by atoms with Gasteiger partial charge >= 0.3 is 11.4 Å². The van der Waals surface area contributed by atoms with Gasteiger partial charge in [-0.1, -0.05) is 17.9 Å². The lowest BCUT2D eigenvalue weighted by Crippen LogP contribution is -2.31. The van der Waals surface area contributed by atoms with E-state index in [9.17, 15) is 19.5 Å². The number of aliphatic hydroxyl groups excluding tert-OH is 1. The highest BCUT2D eigenvalue weighted by Crippen LogP contribution is 2.47. The van der Waals surface area contributed by atoms with Gasteiger partial charge in [0.25, 0.3) is 0 Å². The SMILES string of the molecule is COc1cccc(C2Oc3cc(OS(=O)O)c(O)c([O-])c3CC2O)c1. The Morgan fingerprint density at radius 1 is 1.36 bits per heavy atom. The number of phenols is 1. The van der Waals surface area contributed by atoms with E-state index >= 15 is 0 Å². The topological polar surface area (TPSA) is 129 Å². The van der Waals surface area contributed by atoms with Crippen LogP contribution >= 0.6 is 0 Å². The van der Waals surface area contributed by atoms with E-state index in [1.54, 1.807) is 24.3 Å². The van der Waals surface area contributed by atoms with Crippen molar-refractivity contribution in [1.82, 2.24) is 0 Å². The van der Waals surface area contributed by atoms with E-state index < -0.39 is 40.8 Å². The molecule has 8 nitrogen and oxygen atoms in total. The van der Waals surface area contributed by atoms with E-state index in [2.05, 4.69) is 4.18 Å². The lowest BCUT2D eigenvalue weighted by molar-refractivity contribution is -0.272. The summed E-state index contributed by atoms with van der Waals surface area (Å²) in [7, 11) is 1.51. The first-order valence-electron chi connectivity index (χ1n) is 7.24. The van der Waals surface area contributed by atoms with Gasteiger partial charge in [-0.2, -0.15) is 4.21 Å². The zero-order chi connectivity index (χ0) is 18.1. The van der Waals surface area contributed by atoms with Crippen LogP contribution in [0.15, 0.2) is 30.3 Å². The molecule has 0 spiro atoms. The second kappa shape index (κ2) is 6.79. The van der Waals surface area contributed by atoms with Crippen LogP contribution in [0.2, 0.25) is 0 Å². The van der Waals surface area contributed by atoms with Crippen molar-refractivity contribution < 1.29 is 37.7 Å². The molecule has 0 bridgehead atoms. The lowest BCUT2D eigenvalue weighted by Gasteiger charge is -2.34. The molecule has 2 aromatic carbocycles. The third-order valence-corrected chi connectivity index (χ3v) is 4.20. The summed E-state index contributed by atoms with van der Waals surface area (Å²) in [5, 5.41) is 32.3. The molecule has 3 unspecified atom stereocenters. The van der Waals surface area contributed by atoms with Crippen LogP contribution in [0.5, 0.6) is 28.7 Å². The molecule has 3 rings (SSSR count). The number of methoxy groups -OCH3 is 1. The highest BCUT2D eigenvalue weighted by Gasteiger charge is 2.32. The molecule has 2 aromatic rings. The van der Waals surface area contributed by atoms with Crippen molar-refractivity contribution in [2.75, 3.05) is 7.11 Å². The van der Waals surface area contributed by atoms with E-state index in [0.29, 0.717) is 11.3 Å². The Balaban J connectivity index is 2.00. The Morgan fingerprint density at radius 2 is 2.12 bits per heavy atom. The van der Waals surface area contributed by atoms with Gasteiger partial charge in [-0.05, 0) is 23.3 Å². The molecule has 1 aliphatic heterocycles. The average Bonchev–Trinajstić information content (AvgIpc) is 2.59. The van der Waals surface area contributed by atoms with Gasteiger partial charge in [0.2, 0.25) is 0 Å². The number of rotatable bonds is 4. The summed E-state index contributed by atoms with van der Waals surface area (Å²) in [4.78, 5) is 0. The normalized spacial score (nSPS) is 20.3. The van der Waals surface area contributed by atoms with Crippen LogP contribution in [-0.4, -0.2) is 32.2 Å². The summed E-state index contributed by atoms with van der Waals surface area (Å²) in [5.74, 6) is -1.45. The van der Waals surface area contributed by atoms with Gasteiger partial charge in [0.1, 0.15) is 17.6 Å². The zero-order valence-electron chi connectivity index (χ0n) is 13.0. The smallest absolute Gasteiger partial charge is 0.357 e. The Bertz CT molecular complexity index is 822. The van der Waals surface area contributed by atoms with Crippen LogP contribution in [0.1, 0.15) is 17.2 Å². The van der Waals surface area contributed by atoms with Crippen molar-refractivity contribution in [3.05, 3.63) is 41.5 Å². The highest BCUT2D eigenvalue weighted by molar-refractivity contribution is 7.74. The molecular weight excluding hydrogens is 352 g/mol. The summed E-state index contributed by atoms with van der Waals surface area (Å²) < 4.78 is 35.0. The minimum absolute atomic E-state index is 0.0495. The van der Waals surface area contributed by atoms with Crippen molar-refractivity contribution in [2.45, 2.75) is 18.6 Å². The lowest BCUT2D eigenvalue weighted by atomic mass is 9.93. The number of benzene rings is 2. The number of hydrogen-bond donors (Lipinski definition) is 3. The second-order valence-corrected chi connectivity index (χ2v) is 6.02. The Hall–Kier alpha value is -2.49. The molecule has 3 atom stereocenters. The maximum atomic E-state index is 12.2. The summed E-state index contributed by atoms with van der Waals surface area (Å²) in [5.41, 5.74) is 0.700. The van der Waals surface area contributed by atoms with Gasteiger partial charge in [-0.3, -0.25) is 4.55 Å². The van der Waals surface area contributed by atoms with Crippen LogP contribution in [0.25, 0.3) is 0 Å². The summed E-state index contributed by atoms with van der Waals surface area (Å²) in [6, 6.07) is 8.05. The van der Waals surface area contributed by atoms with Crippen molar-refractivity contribution in [3.8, 4) is 28.7 Å². The molecule has 25 heavy (non-hydrogen) atoms. The summed E-state index contributed by atoms with van der Waals surface area (Å²) in [6.07, 6.45) is -1.85. The molecule has 0 aromatic heterocycles. The molecule has 134 valence electrons. The number of aromatic hydroxyl groups is 1. The van der Waals surface area contributed by atoms with E-state index in [1.165, 1.54) is 7.11 Å². The third kappa shape index (κ3) is 3.34. The first kappa shape index (κ1) is 17.3. The fourth-order valence-corrected chi connectivity index (χ4v) is 3.00. The minimum Gasteiger partial charge on any atom is -0.870 e. The summed E-state index contributed by atoms with van der Waals surface area (Å²) >= 11 is -2.71. The van der Waals surface area contributed by atoms with Gasteiger partial charge < -0.3 is 29.0 Å². The Kier molecular flexibility index (Phi) is 4.71. The first-order chi connectivity index (χ1) is 11.9. The van der Waals surface area contributed by atoms with Crippen LogP contribution < -0.4 is 18.8 Å². The predicted octanol–water partition coefficient (Wildman–Crippen LogP) is 1.03. The van der Waals surface area contributed by atoms with Crippen molar-refractivity contribution in [1.29, 1.82) is 0 Å². The van der Waals surface area contributed by atoms with Crippen molar-refractivity contribution in [3.63, 3.8) is 0 Å². The Labute approximate surface area is 145 Å². The quantitative estimate of drug-likeness (QED) is 0.684.